The molecule has 5 heteroatoms. The summed E-state index contributed by atoms with van der Waals surface area (Å²) in [5.41, 5.74) is 1.01. The fourth-order valence-electron chi connectivity index (χ4n) is 4.04. The Balaban J connectivity index is 1.73. The summed E-state index contributed by atoms with van der Waals surface area (Å²) in [5, 5.41) is 14.6. The lowest BCUT2D eigenvalue weighted by Crippen LogP contribution is -2.31. The van der Waals surface area contributed by atoms with Crippen molar-refractivity contribution >= 4 is 11.5 Å². The van der Waals surface area contributed by atoms with E-state index < -0.39 is 0 Å². The lowest BCUT2D eigenvalue weighted by Gasteiger charge is -2.31. The molecule has 2 aliphatic carbocycles. The van der Waals surface area contributed by atoms with Gasteiger partial charge in [-0.25, -0.2) is 0 Å². The number of allylic oxidation sites excluding steroid dienone is 2. The van der Waals surface area contributed by atoms with E-state index >= 15 is 0 Å². The predicted molar refractivity (Wildman–Crippen MR) is 87.4 cm³/mol. The third-order valence-corrected chi connectivity index (χ3v) is 5.26. The first-order valence-electron chi connectivity index (χ1n) is 8.94. The van der Waals surface area contributed by atoms with Crippen LogP contribution >= 0.6 is 0 Å². The average molecular weight is 321 g/mol. The van der Waals surface area contributed by atoms with Crippen LogP contribution in [-0.2, 0) is 14.4 Å². The summed E-state index contributed by atoms with van der Waals surface area (Å²) in [5.74, 6) is 0.956. The van der Waals surface area contributed by atoms with Gasteiger partial charge in [0.1, 0.15) is 12.4 Å². The van der Waals surface area contributed by atoms with Crippen molar-refractivity contribution in [1.82, 2.24) is 0 Å². The minimum Gasteiger partial charge on any atom is -0.511 e. The number of rotatable bonds is 6. The Morgan fingerprint density at radius 1 is 1.26 bits per heavy atom. The Bertz CT molecular complexity index is 525. The molecule has 0 radical (unpaired) electrons. The molecule has 1 heterocycles. The number of epoxide rings is 1. The number of aliphatic hydroxyl groups excluding tert-OH is 1. The van der Waals surface area contributed by atoms with Crippen molar-refractivity contribution in [2.24, 2.45) is 17.0 Å². The van der Waals surface area contributed by atoms with Gasteiger partial charge in [0.2, 0.25) is 0 Å². The van der Waals surface area contributed by atoms with E-state index in [2.05, 4.69) is 5.16 Å². The van der Waals surface area contributed by atoms with Gasteiger partial charge >= 0.3 is 0 Å². The molecule has 0 bridgehead atoms. The second-order valence-electron chi connectivity index (χ2n) is 6.91. The van der Waals surface area contributed by atoms with Gasteiger partial charge in [0.25, 0.3) is 0 Å². The minimum absolute atomic E-state index is 0.0180. The maximum absolute atomic E-state index is 12.6. The number of ether oxygens (including phenoxy) is 1. The van der Waals surface area contributed by atoms with Gasteiger partial charge in [-0.3, -0.25) is 4.79 Å². The zero-order valence-electron chi connectivity index (χ0n) is 14.1. The highest BCUT2D eigenvalue weighted by atomic mass is 16.6. The van der Waals surface area contributed by atoms with Crippen LogP contribution in [0.25, 0.3) is 0 Å². The number of nitrogens with zero attached hydrogens (tertiary/aromatic N) is 1. The molecule has 4 atom stereocenters. The Morgan fingerprint density at radius 2 is 2.09 bits per heavy atom. The van der Waals surface area contributed by atoms with E-state index in [-0.39, 0.29) is 17.5 Å². The van der Waals surface area contributed by atoms with Crippen LogP contribution in [-0.4, -0.2) is 35.4 Å². The number of fused-ring (bicyclic) bond motifs is 1. The van der Waals surface area contributed by atoms with Crippen LogP contribution in [0, 0.1) is 11.8 Å². The lowest BCUT2D eigenvalue weighted by atomic mass is 9.72. The average Bonchev–Trinajstić information content (AvgIpc) is 3.30. The maximum atomic E-state index is 12.6. The minimum atomic E-state index is 0.0180. The third kappa shape index (κ3) is 3.60. The molecule has 128 valence electrons. The lowest BCUT2D eigenvalue weighted by molar-refractivity contribution is -0.117. The van der Waals surface area contributed by atoms with Crippen molar-refractivity contribution in [1.29, 1.82) is 0 Å². The first-order valence-corrected chi connectivity index (χ1v) is 8.94. The molecule has 1 saturated heterocycles. The predicted octanol–water partition coefficient (Wildman–Crippen LogP) is 3.54. The topological polar surface area (TPSA) is 71.4 Å². The van der Waals surface area contributed by atoms with Gasteiger partial charge in [0, 0.05) is 12.8 Å². The van der Waals surface area contributed by atoms with Crippen LogP contribution in [0.3, 0.4) is 0 Å². The molecular weight excluding hydrogens is 294 g/mol. The fraction of sp³-hybridized carbons (Fsp3) is 0.778. The summed E-state index contributed by atoms with van der Waals surface area (Å²) in [6, 6.07) is 0. The summed E-state index contributed by atoms with van der Waals surface area (Å²) < 4.78 is 5.59. The number of aliphatic hydroxyl groups is 1. The molecule has 23 heavy (non-hydrogen) atoms. The largest absolute Gasteiger partial charge is 0.511 e. The normalized spacial score (nSPS) is 34.3. The molecule has 3 aliphatic rings. The van der Waals surface area contributed by atoms with Crippen LogP contribution in [0.5, 0.6) is 0 Å². The van der Waals surface area contributed by atoms with Crippen LogP contribution in [0.1, 0.15) is 58.8 Å². The smallest absolute Gasteiger partial charge is 0.168 e. The number of hydrogen-bond donors (Lipinski definition) is 1. The van der Waals surface area contributed by atoms with E-state index in [0.717, 1.165) is 25.7 Å². The maximum Gasteiger partial charge on any atom is 0.168 e. The molecule has 0 aromatic heterocycles. The van der Waals surface area contributed by atoms with E-state index in [4.69, 9.17) is 9.57 Å². The van der Waals surface area contributed by atoms with Gasteiger partial charge in [-0.1, -0.05) is 18.5 Å². The number of hydrogen-bond acceptors (Lipinski definition) is 5. The highest BCUT2D eigenvalue weighted by Crippen LogP contribution is 2.45. The Kier molecular flexibility index (Phi) is 5.05. The molecule has 4 unspecified atom stereocenters. The first kappa shape index (κ1) is 16.5. The summed E-state index contributed by atoms with van der Waals surface area (Å²) in [6.07, 6.45) is 6.74. The van der Waals surface area contributed by atoms with Crippen LogP contribution in [0.2, 0.25) is 0 Å². The van der Waals surface area contributed by atoms with E-state index in [1.807, 2.05) is 13.8 Å². The van der Waals surface area contributed by atoms with Crippen molar-refractivity contribution in [3.05, 3.63) is 11.3 Å². The van der Waals surface area contributed by atoms with E-state index in [1.165, 1.54) is 0 Å². The molecule has 0 spiro atoms. The Labute approximate surface area is 137 Å². The third-order valence-electron chi connectivity index (χ3n) is 5.26. The molecule has 5 nitrogen and oxygen atoms in total. The number of Topliss-reactive ketones (excluding diaryl/α,β-unsaturated/α-hetero) is 1. The van der Waals surface area contributed by atoms with Crippen molar-refractivity contribution in [2.75, 3.05) is 6.61 Å². The van der Waals surface area contributed by atoms with Crippen molar-refractivity contribution < 1.29 is 19.5 Å². The highest BCUT2D eigenvalue weighted by Gasteiger charge is 2.46. The second kappa shape index (κ2) is 7.04. The molecule has 0 amide bonds. The van der Waals surface area contributed by atoms with E-state index in [9.17, 15) is 9.90 Å². The summed E-state index contributed by atoms with van der Waals surface area (Å²) >= 11 is 0. The molecule has 1 aliphatic heterocycles. The molecule has 2 fully saturated rings. The zero-order valence-corrected chi connectivity index (χ0v) is 14.1. The molecule has 0 aromatic carbocycles. The molecular formula is C18H27NO4. The molecule has 3 rings (SSSR count). The fourth-order valence-corrected chi connectivity index (χ4v) is 4.04. The molecule has 0 aromatic rings. The van der Waals surface area contributed by atoms with Crippen LogP contribution in [0.4, 0.5) is 0 Å². The van der Waals surface area contributed by atoms with Gasteiger partial charge in [-0.05, 0) is 44.4 Å². The summed E-state index contributed by atoms with van der Waals surface area (Å²) in [7, 11) is 0. The zero-order chi connectivity index (χ0) is 16.4. The Morgan fingerprint density at radius 3 is 2.74 bits per heavy atom. The van der Waals surface area contributed by atoms with Crippen molar-refractivity contribution in [3.63, 3.8) is 0 Å². The summed E-state index contributed by atoms with van der Waals surface area (Å²) in [4.78, 5) is 17.8. The number of carbonyl (C=O) groups is 1. The second-order valence-corrected chi connectivity index (χ2v) is 6.91. The monoisotopic (exact) mass is 321 g/mol. The standard InChI is InChI=1S/C18H27NO4/c1-3-5-13(19-22-4-2)18-14(20)8-12(9-15(18)21)11-6-7-16-17(10-11)23-16/h11-12,16-17,20H,3-10H2,1-2H3. The van der Waals surface area contributed by atoms with Gasteiger partial charge in [-0.2, -0.15) is 0 Å². The number of ketones is 1. The molecule has 1 saturated carbocycles. The number of oxime groups is 1. The number of carbonyl (C=O) groups excluding carboxylic acids is 1. The van der Waals surface area contributed by atoms with Gasteiger partial charge < -0.3 is 14.7 Å². The molecule has 1 N–H and O–H groups in total. The summed E-state index contributed by atoms with van der Waals surface area (Å²) in [6.45, 7) is 4.35. The van der Waals surface area contributed by atoms with Gasteiger partial charge in [0.15, 0.2) is 5.78 Å². The van der Waals surface area contributed by atoms with Crippen LogP contribution in [0.15, 0.2) is 16.5 Å². The van der Waals surface area contributed by atoms with E-state index in [0.29, 0.717) is 55.3 Å². The van der Waals surface area contributed by atoms with Crippen molar-refractivity contribution in [3.8, 4) is 0 Å². The Hall–Kier alpha value is -1.36. The SMILES string of the molecule is CCCC(=NOCC)C1=C(O)CC(C2CCC3OC3C2)CC1=O. The van der Waals surface area contributed by atoms with E-state index in [1.54, 1.807) is 0 Å². The van der Waals surface area contributed by atoms with Gasteiger partial charge in [0.05, 0.1) is 23.5 Å². The first-order chi connectivity index (χ1) is 11.1. The van der Waals surface area contributed by atoms with Gasteiger partial charge in [-0.15, -0.1) is 0 Å². The quantitative estimate of drug-likeness (QED) is 0.461. The highest BCUT2D eigenvalue weighted by molar-refractivity contribution is 6.23. The van der Waals surface area contributed by atoms with Crippen molar-refractivity contribution in [2.45, 2.75) is 71.0 Å². The van der Waals surface area contributed by atoms with Crippen LogP contribution < -0.4 is 0 Å².